The van der Waals surface area contributed by atoms with Gasteiger partial charge in [0.25, 0.3) is 0 Å². The molecule has 2 nitrogen and oxygen atoms in total. The van der Waals surface area contributed by atoms with E-state index in [4.69, 9.17) is 5.73 Å². The van der Waals surface area contributed by atoms with Crippen LogP contribution in [-0.2, 0) is 11.2 Å². The molecule has 0 aliphatic heterocycles. The zero-order valence-electron chi connectivity index (χ0n) is 7.49. The van der Waals surface area contributed by atoms with Gasteiger partial charge in [-0.05, 0) is 30.5 Å². The first-order valence-corrected chi connectivity index (χ1v) is 4.63. The number of anilines is 1. The molecule has 1 aliphatic rings. The molecule has 2 N–H and O–H groups in total. The van der Waals surface area contributed by atoms with Crippen LogP contribution in [0.1, 0.15) is 18.4 Å². The molecule has 1 saturated carbocycles. The second kappa shape index (κ2) is 3.21. The summed E-state index contributed by atoms with van der Waals surface area (Å²) in [7, 11) is 0. The lowest BCUT2D eigenvalue weighted by atomic mass is 10.1. The third-order valence-corrected chi connectivity index (χ3v) is 2.39. The molecule has 68 valence electrons. The van der Waals surface area contributed by atoms with Crippen molar-refractivity contribution in [2.24, 2.45) is 5.92 Å². The minimum atomic E-state index is 0.359. The molecular weight excluding hydrogens is 162 g/mol. The molecule has 0 spiro atoms. The number of ketones is 1. The van der Waals surface area contributed by atoms with Crippen LogP contribution in [0, 0.1) is 5.92 Å². The van der Waals surface area contributed by atoms with E-state index in [2.05, 4.69) is 0 Å². The van der Waals surface area contributed by atoms with Gasteiger partial charge in [0.05, 0.1) is 0 Å². The highest BCUT2D eigenvalue weighted by Gasteiger charge is 2.28. The number of benzene rings is 1. The van der Waals surface area contributed by atoms with Crippen molar-refractivity contribution in [2.75, 3.05) is 5.73 Å². The maximum Gasteiger partial charge on any atom is 0.140 e. The average Bonchev–Trinajstić information content (AvgIpc) is 2.91. The Morgan fingerprint density at radius 2 is 1.92 bits per heavy atom. The first-order chi connectivity index (χ1) is 6.25. The molecule has 0 atom stereocenters. The van der Waals surface area contributed by atoms with E-state index in [9.17, 15) is 4.79 Å². The average molecular weight is 175 g/mol. The third-order valence-electron chi connectivity index (χ3n) is 2.39. The van der Waals surface area contributed by atoms with Crippen molar-refractivity contribution >= 4 is 11.5 Å². The van der Waals surface area contributed by atoms with Gasteiger partial charge in [0.2, 0.25) is 0 Å². The second-order valence-electron chi connectivity index (χ2n) is 3.66. The van der Waals surface area contributed by atoms with Crippen LogP contribution in [-0.4, -0.2) is 5.78 Å². The summed E-state index contributed by atoms with van der Waals surface area (Å²) in [6.45, 7) is 0. The molecule has 1 aromatic carbocycles. The van der Waals surface area contributed by atoms with Crippen LogP contribution < -0.4 is 5.73 Å². The lowest BCUT2D eigenvalue weighted by molar-refractivity contribution is -0.119. The van der Waals surface area contributed by atoms with E-state index in [1.165, 1.54) is 0 Å². The number of nitrogens with two attached hydrogens (primary N) is 1. The number of nitrogen functional groups attached to an aromatic ring is 1. The Bertz CT molecular complexity index is 311. The Morgan fingerprint density at radius 3 is 2.46 bits per heavy atom. The summed E-state index contributed by atoms with van der Waals surface area (Å²) in [6.07, 6.45) is 2.76. The van der Waals surface area contributed by atoms with Gasteiger partial charge in [0.1, 0.15) is 5.78 Å². The molecule has 0 saturated heterocycles. The summed E-state index contributed by atoms with van der Waals surface area (Å²) in [6, 6.07) is 7.54. The summed E-state index contributed by atoms with van der Waals surface area (Å²) < 4.78 is 0. The molecule has 13 heavy (non-hydrogen) atoms. The summed E-state index contributed by atoms with van der Waals surface area (Å²) in [5.41, 5.74) is 7.37. The van der Waals surface area contributed by atoms with E-state index in [1.54, 1.807) is 0 Å². The normalized spacial score (nSPS) is 15.7. The SMILES string of the molecule is Nc1ccc(CC(=O)C2CC2)cc1. The third kappa shape index (κ3) is 2.08. The van der Waals surface area contributed by atoms with E-state index in [-0.39, 0.29) is 0 Å². The molecule has 1 aliphatic carbocycles. The summed E-state index contributed by atoms with van der Waals surface area (Å²) >= 11 is 0. The lowest BCUT2D eigenvalue weighted by Gasteiger charge is -1.99. The van der Waals surface area contributed by atoms with Crippen LogP contribution in [0.4, 0.5) is 5.69 Å². The minimum absolute atomic E-state index is 0.359. The summed E-state index contributed by atoms with van der Waals surface area (Å²) in [4.78, 5) is 11.4. The molecule has 0 radical (unpaired) electrons. The van der Waals surface area contributed by atoms with Crippen LogP contribution in [0.25, 0.3) is 0 Å². The molecule has 0 aromatic heterocycles. The number of hydrogen-bond donors (Lipinski definition) is 1. The van der Waals surface area contributed by atoms with Crippen molar-refractivity contribution in [3.8, 4) is 0 Å². The smallest absolute Gasteiger partial charge is 0.140 e. The standard InChI is InChI=1S/C11H13NO/c12-10-5-1-8(2-6-10)7-11(13)9-3-4-9/h1-2,5-6,9H,3-4,7,12H2. The fourth-order valence-electron chi connectivity index (χ4n) is 1.39. The van der Waals surface area contributed by atoms with Gasteiger partial charge in [-0.25, -0.2) is 0 Å². The van der Waals surface area contributed by atoms with Crippen LogP contribution in [0.3, 0.4) is 0 Å². The predicted molar refractivity (Wildman–Crippen MR) is 52.3 cm³/mol. The van der Waals surface area contributed by atoms with E-state index in [0.717, 1.165) is 24.1 Å². The Kier molecular flexibility index (Phi) is 2.05. The van der Waals surface area contributed by atoms with Gasteiger partial charge in [-0.2, -0.15) is 0 Å². The summed E-state index contributed by atoms with van der Waals surface area (Å²) in [5.74, 6) is 0.738. The highest BCUT2D eigenvalue weighted by molar-refractivity contribution is 5.85. The van der Waals surface area contributed by atoms with Crippen molar-refractivity contribution in [3.05, 3.63) is 29.8 Å². The molecular formula is C11H13NO. The van der Waals surface area contributed by atoms with E-state index in [1.807, 2.05) is 24.3 Å². The van der Waals surface area contributed by atoms with Gasteiger partial charge < -0.3 is 5.73 Å². The number of rotatable bonds is 3. The van der Waals surface area contributed by atoms with Gasteiger partial charge in [0, 0.05) is 18.0 Å². The van der Waals surface area contributed by atoms with Gasteiger partial charge >= 0.3 is 0 Å². The van der Waals surface area contributed by atoms with Gasteiger partial charge in [-0.15, -0.1) is 0 Å². The molecule has 2 heteroatoms. The van der Waals surface area contributed by atoms with E-state index >= 15 is 0 Å². The number of Topliss-reactive ketones (excluding diaryl/α,β-unsaturated/α-hetero) is 1. The number of hydrogen-bond acceptors (Lipinski definition) is 2. The molecule has 0 amide bonds. The molecule has 2 rings (SSSR count). The van der Waals surface area contributed by atoms with Crippen molar-refractivity contribution in [1.82, 2.24) is 0 Å². The Morgan fingerprint density at radius 1 is 1.31 bits per heavy atom. The zero-order chi connectivity index (χ0) is 9.26. The highest BCUT2D eigenvalue weighted by atomic mass is 16.1. The molecule has 0 unspecified atom stereocenters. The predicted octanol–water partition coefficient (Wildman–Crippen LogP) is 1.79. The van der Waals surface area contributed by atoms with E-state index in [0.29, 0.717) is 18.1 Å². The highest BCUT2D eigenvalue weighted by Crippen LogP contribution is 2.30. The molecule has 0 bridgehead atoms. The van der Waals surface area contributed by atoms with Crippen LogP contribution in [0.15, 0.2) is 24.3 Å². The second-order valence-corrected chi connectivity index (χ2v) is 3.66. The first kappa shape index (κ1) is 8.30. The summed E-state index contributed by atoms with van der Waals surface area (Å²) in [5, 5.41) is 0. The molecule has 0 heterocycles. The molecule has 1 aromatic rings. The number of carbonyl (C=O) groups excluding carboxylic acids is 1. The van der Waals surface area contributed by atoms with E-state index < -0.39 is 0 Å². The maximum atomic E-state index is 11.4. The van der Waals surface area contributed by atoms with Gasteiger partial charge in [-0.3, -0.25) is 4.79 Å². The van der Waals surface area contributed by atoms with Crippen molar-refractivity contribution in [3.63, 3.8) is 0 Å². The van der Waals surface area contributed by atoms with Crippen LogP contribution in [0.2, 0.25) is 0 Å². The Balaban J connectivity index is 2.00. The number of carbonyl (C=O) groups is 1. The van der Waals surface area contributed by atoms with Crippen LogP contribution in [0.5, 0.6) is 0 Å². The van der Waals surface area contributed by atoms with Crippen LogP contribution >= 0.6 is 0 Å². The van der Waals surface area contributed by atoms with Crippen molar-refractivity contribution in [2.45, 2.75) is 19.3 Å². The Hall–Kier alpha value is -1.31. The van der Waals surface area contributed by atoms with Gasteiger partial charge in [0.15, 0.2) is 0 Å². The molecule has 1 fully saturated rings. The lowest BCUT2D eigenvalue weighted by Crippen LogP contribution is -2.04. The largest absolute Gasteiger partial charge is 0.399 e. The first-order valence-electron chi connectivity index (χ1n) is 4.63. The quantitative estimate of drug-likeness (QED) is 0.712. The fraction of sp³-hybridized carbons (Fsp3) is 0.364. The minimum Gasteiger partial charge on any atom is -0.399 e. The Labute approximate surface area is 77.8 Å². The topological polar surface area (TPSA) is 43.1 Å². The zero-order valence-corrected chi connectivity index (χ0v) is 7.49. The maximum absolute atomic E-state index is 11.4. The fourth-order valence-corrected chi connectivity index (χ4v) is 1.39. The monoisotopic (exact) mass is 175 g/mol. The van der Waals surface area contributed by atoms with Crippen molar-refractivity contribution < 1.29 is 4.79 Å². The van der Waals surface area contributed by atoms with Crippen molar-refractivity contribution in [1.29, 1.82) is 0 Å². The van der Waals surface area contributed by atoms with Gasteiger partial charge in [-0.1, -0.05) is 12.1 Å².